The summed E-state index contributed by atoms with van der Waals surface area (Å²) in [6.07, 6.45) is -1.45. The summed E-state index contributed by atoms with van der Waals surface area (Å²) in [5.74, 6) is 0.728. The Morgan fingerprint density at radius 3 is 2.32 bits per heavy atom. The fourth-order valence-electron chi connectivity index (χ4n) is 1.19. The van der Waals surface area contributed by atoms with Crippen LogP contribution < -0.4 is 0 Å². The molecule has 106 valence electrons. The van der Waals surface area contributed by atoms with Gasteiger partial charge in [0.1, 0.15) is 0 Å². The van der Waals surface area contributed by atoms with Crippen LogP contribution in [-0.4, -0.2) is 19.8 Å². The Kier molecular flexibility index (Phi) is 5.06. The topological polar surface area (TPSA) is 89.9 Å². The predicted molar refractivity (Wildman–Crippen MR) is 70.0 cm³/mol. The first-order valence-electron chi connectivity index (χ1n) is 5.31. The molecule has 0 saturated carbocycles. The molecule has 0 bridgehead atoms. The molecule has 0 aliphatic rings. The van der Waals surface area contributed by atoms with Crippen molar-refractivity contribution >= 4 is 17.7 Å². The van der Waals surface area contributed by atoms with Crippen molar-refractivity contribution in [2.75, 3.05) is 0 Å². The highest BCUT2D eigenvalue weighted by atomic mass is 32.2. The molecule has 2 atom stereocenters. The van der Waals surface area contributed by atoms with Crippen LogP contribution in [0.4, 0.5) is 0 Å². The Labute approximate surface area is 112 Å². The van der Waals surface area contributed by atoms with Gasteiger partial charge in [-0.05, 0) is 26.0 Å². The molecule has 0 radical (unpaired) electrons. The Balaban J connectivity index is 3.05. The predicted octanol–water partition coefficient (Wildman–Crippen LogP) is 2.39. The number of aliphatic hydroxyl groups is 1. The van der Waals surface area contributed by atoms with Gasteiger partial charge in [-0.2, -0.15) is 12.4 Å². The van der Waals surface area contributed by atoms with Gasteiger partial charge in [-0.3, -0.25) is 9.09 Å². The molecular weight excluding hydrogens is 291 g/mol. The Hall–Kier alpha value is -0.980. The molecular formula is C11H15O6PS. The lowest BCUT2D eigenvalue weighted by Gasteiger charge is -2.16. The first-order valence-corrected chi connectivity index (χ1v) is 8.33. The smallest absolute Gasteiger partial charge is 0.368 e. The van der Waals surface area contributed by atoms with E-state index < -0.39 is 24.0 Å². The highest BCUT2D eigenvalue weighted by Gasteiger charge is 2.31. The second-order valence-corrected chi connectivity index (χ2v) is 7.40. The van der Waals surface area contributed by atoms with E-state index in [9.17, 15) is 13.0 Å². The average Bonchev–Trinajstić information content (AvgIpc) is 2.27. The van der Waals surface area contributed by atoms with Gasteiger partial charge in [-0.1, -0.05) is 24.3 Å². The largest absolute Gasteiger partial charge is 0.370 e. The van der Waals surface area contributed by atoms with Gasteiger partial charge in [-0.25, -0.2) is 0 Å². The third-order valence-corrected chi connectivity index (χ3v) is 5.55. The Bertz CT molecular complexity index is 590. The number of aliphatic hydroxyl groups excluding tert-OH is 1. The maximum absolute atomic E-state index is 11.9. The standard InChI is InChI=1S/C11H15O6PS/c1-4-18(13,16-10(3)12)17-19(14,15)11-7-5-9(2)6-8-11/h4-8,10,12H,1H2,2-3H3. The average molecular weight is 306 g/mol. The number of benzene rings is 1. The fourth-order valence-corrected chi connectivity index (χ4v) is 3.99. The minimum atomic E-state index is -4.26. The quantitative estimate of drug-likeness (QED) is 0.641. The third kappa shape index (κ3) is 4.56. The second-order valence-electron chi connectivity index (χ2n) is 3.77. The van der Waals surface area contributed by atoms with E-state index in [0.717, 1.165) is 11.4 Å². The Morgan fingerprint density at radius 2 is 1.89 bits per heavy atom. The maximum Gasteiger partial charge on any atom is 0.370 e. The summed E-state index contributed by atoms with van der Waals surface area (Å²) in [6, 6.07) is 5.79. The summed E-state index contributed by atoms with van der Waals surface area (Å²) >= 11 is 0. The second kappa shape index (κ2) is 5.98. The van der Waals surface area contributed by atoms with Gasteiger partial charge in [0.05, 0.1) is 4.90 Å². The minimum absolute atomic E-state index is 0.158. The summed E-state index contributed by atoms with van der Waals surface area (Å²) in [7, 11) is -8.39. The Morgan fingerprint density at radius 1 is 1.37 bits per heavy atom. The fraction of sp³-hybridized carbons (Fsp3) is 0.273. The summed E-state index contributed by atoms with van der Waals surface area (Å²) in [5, 5.41) is 9.01. The van der Waals surface area contributed by atoms with E-state index in [-0.39, 0.29) is 4.90 Å². The van der Waals surface area contributed by atoms with Crippen LogP contribution in [0.25, 0.3) is 0 Å². The first-order chi connectivity index (χ1) is 8.68. The van der Waals surface area contributed by atoms with Gasteiger partial charge < -0.3 is 5.11 Å². The maximum atomic E-state index is 11.9. The van der Waals surface area contributed by atoms with Crippen molar-refractivity contribution in [3.63, 3.8) is 0 Å². The number of aryl methyl sites for hydroxylation is 1. The molecule has 0 aromatic heterocycles. The van der Waals surface area contributed by atoms with Crippen molar-refractivity contribution in [3.8, 4) is 0 Å². The van der Waals surface area contributed by atoms with E-state index in [1.165, 1.54) is 19.1 Å². The van der Waals surface area contributed by atoms with Crippen LogP contribution in [0.5, 0.6) is 0 Å². The van der Waals surface area contributed by atoms with E-state index in [0.29, 0.717) is 0 Å². The van der Waals surface area contributed by atoms with Crippen molar-refractivity contribution in [1.82, 2.24) is 0 Å². The molecule has 19 heavy (non-hydrogen) atoms. The van der Waals surface area contributed by atoms with E-state index >= 15 is 0 Å². The molecule has 0 heterocycles. The zero-order valence-electron chi connectivity index (χ0n) is 10.5. The van der Waals surface area contributed by atoms with Crippen LogP contribution in [0.1, 0.15) is 12.5 Å². The molecule has 1 aromatic carbocycles. The molecule has 0 aliphatic carbocycles. The van der Waals surface area contributed by atoms with Gasteiger partial charge in [0.2, 0.25) is 0 Å². The zero-order chi connectivity index (χ0) is 14.7. The van der Waals surface area contributed by atoms with Crippen molar-refractivity contribution in [1.29, 1.82) is 0 Å². The van der Waals surface area contributed by atoms with Crippen LogP contribution in [0.3, 0.4) is 0 Å². The van der Waals surface area contributed by atoms with Crippen LogP contribution in [0.2, 0.25) is 0 Å². The monoisotopic (exact) mass is 306 g/mol. The van der Waals surface area contributed by atoms with Gasteiger partial charge in [0.25, 0.3) is 0 Å². The molecule has 0 fully saturated rings. The van der Waals surface area contributed by atoms with E-state index in [2.05, 4.69) is 15.1 Å². The third-order valence-electron chi connectivity index (χ3n) is 2.03. The van der Waals surface area contributed by atoms with Gasteiger partial charge in [0.15, 0.2) is 6.29 Å². The molecule has 1 N–H and O–H groups in total. The summed E-state index contributed by atoms with van der Waals surface area (Å²) < 4.78 is 44.8. The SMILES string of the molecule is C=CP(=O)(OC(C)O)OS(=O)(=O)c1ccc(C)cc1. The normalized spacial score (nSPS) is 16.6. The lowest BCUT2D eigenvalue weighted by Crippen LogP contribution is -2.10. The molecule has 0 aliphatic heterocycles. The number of hydrogen-bond acceptors (Lipinski definition) is 6. The van der Waals surface area contributed by atoms with E-state index in [1.807, 2.05) is 0 Å². The van der Waals surface area contributed by atoms with Crippen LogP contribution >= 0.6 is 7.60 Å². The van der Waals surface area contributed by atoms with Crippen LogP contribution in [-0.2, 0) is 23.2 Å². The molecule has 8 heteroatoms. The molecule has 6 nitrogen and oxygen atoms in total. The highest BCUT2D eigenvalue weighted by molar-refractivity contribution is 7.91. The van der Waals surface area contributed by atoms with Gasteiger partial charge in [0, 0.05) is 5.82 Å². The summed E-state index contributed by atoms with van der Waals surface area (Å²) in [5.41, 5.74) is 0.867. The van der Waals surface area contributed by atoms with Crippen molar-refractivity contribution in [3.05, 3.63) is 42.2 Å². The summed E-state index contributed by atoms with van der Waals surface area (Å²) in [6.45, 7) is 6.16. The van der Waals surface area contributed by atoms with Crippen LogP contribution in [0, 0.1) is 6.92 Å². The lowest BCUT2D eigenvalue weighted by atomic mass is 10.2. The van der Waals surface area contributed by atoms with Crippen molar-refractivity contribution in [2.24, 2.45) is 0 Å². The van der Waals surface area contributed by atoms with Crippen LogP contribution in [0.15, 0.2) is 41.6 Å². The molecule has 1 rings (SSSR count). The molecule has 0 saturated heterocycles. The number of rotatable bonds is 6. The summed E-state index contributed by atoms with van der Waals surface area (Å²) in [4.78, 5) is -0.158. The first kappa shape index (κ1) is 16.1. The highest BCUT2D eigenvalue weighted by Crippen LogP contribution is 2.52. The van der Waals surface area contributed by atoms with E-state index in [1.54, 1.807) is 19.1 Å². The zero-order valence-corrected chi connectivity index (χ0v) is 12.2. The minimum Gasteiger partial charge on any atom is -0.368 e. The molecule has 0 amide bonds. The molecule has 1 aromatic rings. The van der Waals surface area contributed by atoms with Gasteiger partial charge >= 0.3 is 17.7 Å². The number of hydrogen-bond donors (Lipinski definition) is 1. The van der Waals surface area contributed by atoms with Crippen molar-refractivity contribution < 1.29 is 26.6 Å². The van der Waals surface area contributed by atoms with Gasteiger partial charge in [-0.15, -0.1) is 0 Å². The van der Waals surface area contributed by atoms with E-state index in [4.69, 9.17) is 5.11 Å². The lowest BCUT2D eigenvalue weighted by molar-refractivity contribution is -0.00410. The van der Waals surface area contributed by atoms with Crippen molar-refractivity contribution in [2.45, 2.75) is 25.0 Å². The molecule has 0 spiro atoms. The molecule has 2 unspecified atom stereocenters.